The zero-order valence-corrected chi connectivity index (χ0v) is 9.12. The summed E-state index contributed by atoms with van der Waals surface area (Å²) >= 11 is 5.66. The van der Waals surface area contributed by atoms with Crippen LogP contribution in [0, 0.1) is 0 Å². The van der Waals surface area contributed by atoms with E-state index in [0.717, 1.165) is 0 Å². The average molecular weight is 243 g/mol. The minimum Gasteiger partial charge on any atom is -0.395 e. The number of aliphatic hydroxyl groups is 1. The van der Waals surface area contributed by atoms with Crippen molar-refractivity contribution in [3.8, 4) is 0 Å². The minimum atomic E-state index is -0.788. The van der Waals surface area contributed by atoms with Gasteiger partial charge in [-0.05, 0) is 24.3 Å². The molecule has 0 bridgehead atoms. The Bertz CT molecular complexity index is 378. The molecular formula is C10H11ClN2O3. The molecule has 0 atom stereocenters. The van der Waals surface area contributed by atoms with E-state index in [1.807, 2.05) is 0 Å². The van der Waals surface area contributed by atoms with Crippen LogP contribution in [0.5, 0.6) is 0 Å². The van der Waals surface area contributed by atoms with Gasteiger partial charge >= 0.3 is 11.8 Å². The third-order valence-corrected chi connectivity index (χ3v) is 1.96. The van der Waals surface area contributed by atoms with E-state index in [1.165, 1.54) is 0 Å². The van der Waals surface area contributed by atoms with Crippen molar-refractivity contribution in [2.24, 2.45) is 0 Å². The lowest BCUT2D eigenvalue weighted by atomic mass is 10.3. The molecule has 0 saturated carbocycles. The van der Waals surface area contributed by atoms with Gasteiger partial charge in [0.1, 0.15) is 0 Å². The maximum absolute atomic E-state index is 11.3. The molecule has 0 aromatic heterocycles. The summed E-state index contributed by atoms with van der Waals surface area (Å²) in [5, 5.41) is 13.6. The lowest BCUT2D eigenvalue weighted by Gasteiger charge is -2.05. The van der Waals surface area contributed by atoms with Gasteiger partial charge < -0.3 is 15.7 Å². The number of amides is 2. The van der Waals surface area contributed by atoms with E-state index in [9.17, 15) is 9.59 Å². The Morgan fingerprint density at radius 1 is 1.19 bits per heavy atom. The van der Waals surface area contributed by atoms with Gasteiger partial charge in [0.15, 0.2) is 0 Å². The highest BCUT2D eigenvalue weighted by molar-refractivity contribution is 6.39. The zero-order chi connectivity index (χ0) is 12.0. The fraction of sp³-hybridized carbons (Fsp3) is 0.200. The summed E-state index contributed by atoms with van der Waals surface area (Å²) in [6.45, 7) is -0.160. The van der Waals surface area contributed by atoms with Gasteiger partial charge in [-0.15, -0.1) is 0 Å². The summed E-state index contributed by atoms with van der Waals surface area (Å²) in [5.41, 5.74) is 0.480. The first-order valence-electron chi connectivity index (χ1n) is 4.59. The third kappa shape index (κ3) is 3.88. The number of anilines is 1. The Kier molecular flexibility index (Phi) is 4.75. The first-order chi connectivity index (χ1) is 7.63. The van der Waals surface area contributed by atoms with Crippen LogP contribution in [0.1, 0.15) is 0 Å². The van der Waals surface area contributed by atoms with Gasteiger partial charge in [-0.25, -0.2) is 0 Å². The largest absolute Gasteiger partial charge is 0.395 e. The molecule has 1 rings (SSSR count). The van der Waals surface area contributed by atoms with Crippen LogP contribution in [-0.2, 0) is 9.59 Å². The smallest absolute Gasteiger partial charge is 0.313 e. The number of carbonyl (C=O) groups excluding carboxylic acids is 2. The maximum atomic E-state index is 11.3. The van der Waals surface area contributed by atoms with Crippen LogP contribution < -0.4 is 10.6 Å². The van der Waals surface area contributed by atoms with Crippen molar-refractivity contribution in [1.82, 2.24) is 5.32 Å². The van der Waals surface area contributed by atoms with Crippen molar-refractivity contribution in [3.63, 3.8) is 0 Å². The number of halogens is 1. The quantitative estimate of drug-likeness (QED) is 0.671. The molecule has 3 N–H and O–H groups in total. The molecule has 6 heteroatoms. The molecule has 0 spiro atoms. The van der Waals surface area contributed by atoms with Crippen LogP contribution in [0.2, 0.25) is 5.02 Å². The van der Waals surface area contributed by atoms with Crippen molar-refractivity contribution < 1.29 is 14.7 Å². The minimum absolute atomic E-state index is 0.0485. The van der Waals surface area contributed by atoms with Crippen molar-refractivity contribution in [3.05, 3.63) is 29.3 Å². The summed E-state index contributed by atoms with van der Waals surface area (Å²) in [4.78, 5) is 22.4. The number of aliphatic hydroxyl groups excluding tert-OH is 1. The fourth-order valence-corrected chi connectivity index (χ4v) is 1.10. The first kappa shape index (κ1) is 12.5. The number of hydrogen-bond donors (Lipinski definition) is 3. The highest BCUT2D eigenvalue weighted by Gasteiger charge is 2.12. The number of benzene rings is 1. The molecule has 0 aliphatic carbocycles. The van der Waals surface area contributed by atoms with E-state index in [-0.39, 0.29) is 13.2 Å². The van der Waals surface area contributed by atoms with Crippen LogP contribution in [0.25, 0.3) is 0 Å². The molecule has 0 aliphatic heterocycles. The molecular weight excluding hydrogens is 232 g/mol. The van der Waals surface area contributed by atoms with E-state index >= 15 is 0 Å². The van der Waals surface area contributed by atoms with Crippen LogP contribution in [-0.4, -0.2) is 30.1 Å². The highest BCUT2D eigenvalue weighted by atomic mass is 35.5. The lowest BCUT2D eigenvalue weighted by molar-refractivity contribution is -0.136. The molecule has 1 aromatic rings. The SMILES string of the molecule is O=C(NCCO)C(=O)Nc1ccc(Cl)cc1. The molecule has 0 heterocycles. The van der Waals surface area contributed by atoms with E-state index < -0.39 is 11.8 Å². The van der Waals surface area contributed by atoms with Gasteiger partial charge in [-0.2, -0.15) is 0 Å². The molecule has 5 nitrogen and oxygen atoms in total. The van der Waals surface area contributed by atoms with Crippen LogP contribution >= 0.6 is 11.6 Å². The standard InChI is InChI=1S/C10H11ClN2O3/c11-7-1-3-8(4-2-7)13-10(16)9(15)12-5-6-14/h1-4,14H,5-6H2,(H,12,15)(H,13,16). The zero-order valence-electron chi connectivity index (χ0n) is 8.37. The number of nitrogens with one attached hydrogen (secondary N) is 2. The summed E-state index contributed by atoms with van der Waals surface area (Å²) < 4.78 is 0. The number of carbonyl (C=O) groups is 2. The van der Waals surface area contributed by atoms with Crippen molar-refractivity contribution in [1.29, 1.82) is 0 Å². The topological polar surface area (TPSA) is 78.4 Å². The second kappa shape index (κ2) is 6.09. The van der Waals surface area contributed by atoms with Gasteiger partial charge in [0.2, 0.25) is 0 Å². The second-order valence-corrected chi connectivity index (χ2v) is 3.38. The molecule has 0 radical (unpaired) electrons. The summed E-state index contributed by atoms with van der Waals surface area (Å²) in [5.74, 6) is -1.57. The van der Waals surface area contributed by atoms with Crippen LogP contribution in [0.3, 0.4) is 0 Å². The highest BCUT2D eigenvalue weighted by Crippen LogP contribution is 2.12. The predicted octanol–water partition coefficient (Wildman–Crippen LogP) is 0.387. The second-order valence-electron chi connectivity index (χ2n) is 2.94. The Hall–Kier alpha value is -1.59. The lowest BCUT2D eigenvalue weighted by Crippen LogP contribution is -2.36. The molecule has 0 unspecified atom stereocenters. The van der Waals surface area contributed by atoms with Gasteiger partial charge in [-0.1, -0.05) is 11.6 Å². The van der Waals surface area contributed by atoms with Gasteiger partial charge in [0.25, 0.3) is 0 Å². The molecule has 2 amide bonds. The van der Waals surface area contributed by atoms with Crippen LogP contribution in [0.4, 0.5) is 5.69 Å². The fourth-order valence-electron chi connectivity index (χ4n) is 0.971. The Morgan fingerprint density at radius 2 is 1.81 bits per heavy atom. The molecule has 0 fully saturated rings. The van der Waals surface area contributed by atoms with E-state index in [2.05, 4.69) is 10.6 Å². The number of rotatable bonds is 3. The first-order valence-corrected chi connectivity index (χ1v) is 4.97. The van der Waals surface area contributed by atoms with Crippen LogP contribution in [0.15, 0.2) is 24.3 Å². The maximum Gasteiger partial charge on any atom is 0.313 e. The summed E-state index contributed by atoms with van der Waals surface area (Å²) in [7, 11) is 0. The van der Waals surface area contributed by atoms with Gasteiger partial charge in [-0.3, -0.25) is 9.59 Å². The normalized spacial score (nSPS) is 9.62. The Labute approximate surface area is 97.4 Å². The molecule has 0 aliphatic rings. The number of hydrogen-bond acceptors (Lipinski definition) is 3. The van der Waals surface area contributed by atoms with E-state index in [4.69, 9.17) is 16.7 Å². The monoisotopic (exact) mass is 242 g/mol. The van der Waals surface area contributed by atoms with E-state index in [0.29, 0.717) is 10.7 Å². The molecule has 16 heavy (non-hydrogen) atoms. The van der Waals surface area contributed by atoms with Crippen molar-refractivity contribution in [2.45, 2.75) is 0 Å². The summed E-state index contributed by atoms with van der Waals surface area (Å²) in [6, 6.07) is 6.37. The van der Waals surface area contributed by atoms with E-state index in [1.54, 1.807) is 24.3 Å². The molecule has 0 saturated heterocycles. The van der Waals surface area contributed by atoms with Gasteiger partial charge in [0, 0.05) is 17.3 Å². The Balaban J connectivity index is 2.51. The average Bonchev–Trinajstić information content (AvgIpc) is 2.29. The van der Waals surface area contributed by atoms with Crippen molar-refractivity contribution >= 4 is 29.1 Å². The molecule has 1 aromatic carbocycles. The summed E-state index contributed by atoms with van der Waals surface area (Å²) in [6.07, 6.45) is 0. The third-order valence-electron chi connectivity index (χ3n) is 1.71. The van der Waals surface area contributed by atoms with Crippen molar-refractivity contribution in [2.75, 3.05) is 18.5 Å². The predicted molar refractivity (Wildman–Crippen MR) is 60.2 cm³/mol. The van der Waals surface area contributed by atoms with Gasteiger partial charge in [0.05, 0.1) is 6.61 Å². The molecule has 86 valence electrons. The Morgan fingerprint density at radius 3 is 2.38 bits per heavy atom.